The number of carbonyl (C=O) groups excluding carboxylic acids is 2. The quantitative estimate of drug-likeness (QED) is 0.314. The third-order valence-electron chi connectivity index (χ3n) is 5.60. The number of nitrogens with zero attached hydrogens (tertiary/aromatic N) is 2. The van der Waals surface area contributed by atoms with E-state index in [1.807, 2.05) is 55.7 Å². The molecule has 1 aliphatic rings. The minimum Gasteiger partial charge on any atom is -0.318 e. The molecule has 5 nitrogen and oxygen atoms in total. The SMILES string of the molecule is Cc1ccc(-n2c(C)cc(/C=C3/C(=O)NC(=S)N(c4cccc(C(F)(F)F)c4)C3=O)c2C)cc1. The van der Waals surface area contributed by atoms with Crippen molar-refractivity contribution in [1.29, 1.82) is 0 Å². The van der Waals surface area contributed by atoms with Gasteiger partial charge in [0.2, 0.25) is 0 Å². The molecule has 174 valence electrons. The highest BCUT2D eigenvalue weighted by atomic mass is 32.1. The van der Waals surface area contributed by atoms with Crippen molar-refractivity contribution in [2.24, 2.45) is 0 Å². The molecule has 1 saturated heterocycles. The summed E-state index contributed by atoms with van der Waals surface area (Å²) < 4.78 is 41.5. The summed E-state index contributed by atoms with van der Waals surface area (Å²) in [4.78, 5) is 26.8. The van der Waals surface area contributed by atoms with Crippen LogP contribution in [0.25, 0.3) is 11.8 Å². The number of halogens is 3. The lowest BCUT2D eigenvalue weighted by Crippen LogP contribution is -2.54. The lowest BCUT2D eigenvalue weighted by molar-refractivity contribution is -0.137. The van der Waals surface area contributed by atoms with Crippen molar-refractivity contribution < 1.29 is 22.8 Å². The van der Waals surface area contributed by atoms with E-state index in [2.05, 4.69) is 5.32 Å². The lowest BCUT2D eigenvalue weighted by atomic mass is 10.1. The highest BCUT2D eigenvalue weighted by molar-refractivity contribution is 7.80. The van der Waals surface area contributed by atoms with Crippen LogP contribution < -0.4 is 10.2 Å². The monoisotopic (exact) mass is 483 g/mol. The molecule has 0 saturated carbocycles. The van der Waals surface area contributed by atoms with Gasteiger partial charge in [0.1, 0.15) is 5.57 Å². The van der Waals surface area contributed by atoms with Crippen LogP contribution in [0.5, 0.6) is 0 Å². The number of carbonyl (C=O) groups is 2. The van der Waals surface area contributed by atoms with Gasteiger partial charge in [-0.3, -0.25) is 19.8 Å². The highest BCUT2D eigenvalue weighted by Gasteiger charge is 2.36. The second kappa shape index (κ2) is 8.57. The minimum absolute atomic E-state index is 0.0825. The van der Waals surface area contributed by atoms with E-state index in [9.17, 15) is 22.8 Å². The number of anilines is 1. The fourth-order valence-electron chi connectivity index (χ4n) is 3.89. The van der Waals surface area contributed by atoms with E-state index in [4.69, 9.17) is 12.2 Å². The summed E-state index contributed by atoms with van der Waals surface area (Å²) in [5.74, 6) is -1.51. The van der Waals surface area contributed by atoms with Crippen molar-refractivity contribution in [3.8, 4) is 5.69 Å². The van der Waals surface area contributed by atoms with Gasteiger partial charge in [-0.1, -0.05) is 23.8 Å². The maximum atomic E-state index is 13.2. The number of alkyl halides is 3. The number of hydrogen-bond donors (Lipinski definition) is 1. The third kappa shape index (κ3) is 4.26. The van der Waals surface area contributed by atoms with Gasteiger partial charge in [0, 0.05) is 17.1 Å². The predicted octanol–water partition coefficient (Wildman–Crippen LogP) is 5.25. The van der Waals surface area contributed by atoms with Gasteiger partial charge < -0.3 is 4.57 Å². The minimum atomic E-state index is -4.59. The van der Waals surface area contributed by atoms with Crippen LogP contribution in [0, 0.1) is 20.8 Å². The first kappa shape index (κ1) is 23.4. The Bertz CT molecular complexity index is 1350. The first-order valence-electron chi connectivity index (χ1n) is 10.3. The van der Waals surface area contributed by atoms with E-state index in [0.29, 0.717) is 5.56 Å². The molecule has 3 aromatic rings. The average molecular weight is 484 g/mol. The molecule has 2 amide bonds. The second-order valence-corrected chi connectivity index (χ2v) is 8.39. The van der Waals surface area contributed by atoms with Gasteiger partial charge in [0.25, 0.3) is 11.8 Å². The Morgan fingerprint density at radius 3 is 2.26 bits per heavy atom. The standard InChI is InChI=1S/C25H20F3N3O2S/c1-14-7-9-19(10-8-14)30-15(2)11-17(16(30)3)12-21-22(32)29-24(34)31(23(21)33)20-6-4-5-18(13-20)25(26,27)28/h4-13H,1-3H3,(H,29,32,34)/b21-12-. The van der Waals surface area contributed by atoms with Crippen molar-refractivity contribution in [2.75, 3.05) is 4.90 Å². The zero-order valence-electron chi connectivity index (χ0n) is 18.5. The number of aryl methyl sites for hydroxylation is 2. The van der Waals surface area contributed by atoms with Gasteiger partial charge in [-0.25, -0.2) is 0 Å². The molecule has 2 aromatic carbocycles. The smallest absolute Gasteiger partial charge is 0.318 e. The largest absolute Gasteiger partial charge is 0.416 e. The number of rotatable bonds is 3. The molecule has 34 heavy (non-hydrogen) atoms. The van der Waals surface area contributed by atoms with Gasteiger partial charge in [-0.05, 0) is 81.0 Å². The Hall–Kier alpha value is -3.72. The van der Waals surface area contributed by atoms with Crippen LogP contribution in [-0.2, 0) is 15.8 Å². The molecule has 0 bridgehead atoms. The van der Waals surface area contributed by atoms with Crippen LogP contribution >= 0.6 is 12.2 Å². The van der Waals surface area contributed by atoms with E-state index in [1.54, 1.807) is 0 Å². The van der Waals surface area contributed by atoms with E-state index in [0.717, 1.165) is 39.7 Å². The van der Waals surface area contributed by atoms with Crippen molar-refractivity contribution in [3.63, 3.8) is 0 Å². The topological polar surface area (TPSA) is 54.3 Å². The van der Waals surface area contributed by atoms with Crippen molar-refractivity contribution >= 4 is 40.9 Å². The predicted molar refractivity (Wildman–Crippen MR) is 128 cm³/mol. The molecule has 0 unspecified atom stereocenters. The fraction of sp³-hybridized carbons (Fsp3) is 0.160. The summed E-state index contributed by atoms with van der Waals surface area (Å²) in [7, 11) is 0. The molecule has 0 aliphatic carbocycles. The first-order valence-corrected chi connectivity index (χ1v) is 10.7. The Kier molecular flexibility index (Phi) is 5.91. The van der Waals surface area contributed by atoms with Gasteiger partial charge in [0.15, 0.2) is 5.11 Å². The molecule has 1 aliphatic heterocycles. The maximum absolute atomic E-state index is 13.2. The summed E-state index contributed by atoms with van der Waals surface area (Å²) >= 11 is 5.10. The molecule has 1 aromatic heterocycles. The summed E-state index contributed by atoms with van der Waals surface area (Å²) in [6.07, 6.45) is -3.15. The van der Waals surface area contributed by atoms with Crippen LogP contribution in [0.3, 0.4) is 0 Å². The Morgan fingerprint density at radius 2 is 1.62 bits per heavy atom. The van der Waals surface area contributed by atoms with E-state index < -0.39 is 23.6 Å². The molecule has 9 heteroatoms. The van der Waals surface area contributed by atoms with Crippen molar-refractivity contribution in [1.82, 2.24) is 9.88 Å². The lowest BCUT2D eigenvalue weighted by Gasteiger charge is -2.29. The molecule has 1 fully saturated rings. The number of nitrogens with one attached hydrogen (secondary N) is 1. The molecule has 2 heterocycles. The number of thiocarbonyl (C=S) groups is 1. The number of hydrogen-bond acceptors (Lipinski definition) is 3. The van der Waals surface area contributed by atoms with E-state index in [-0.39, 0.29) is 16.4 Å². The van der Waals surface area contributed by atoms with Crippen LogP contribution in [0.2, 0.25) is 0 Å². The Morgan fingerprint density at radius 1 is 0.941 bits per heavy atom. The molecule has 0 spiro atoms. The van der Waals surface area contributed by atoms with Gasteiger partial charge in [-0.15, -0.1) is 0 Å². The molecular weight excluding hydrogens is 463 g/mol. The zero-order valence-corrected chi connectivity index (χ0v) is 19.3. The van der Waals surface area contributed by atoms with Gasteiger partial charge in [0.05, 0.1) is 11.3 Å². The van der Waals surface area contributed by atoms with Crippen molar-refractivity contribution in [2.45, 2.75) is 26.9 Å². The zero-order chi connectivity index (χ0) is 24.8. The maximum Gasteiger partial charge on any atom is 0.416 e. The molecule has 0 radical (unpaired) electrons. The van der Waals surface area contributed by atoms with E-state index in [1.165, 1.54) is 18.2 Å². The van der Waals surface area contributed by atoms with Crippen molar-refractivity contribution in [3.05, 3.63) is 88.2 Å². The molecule has 4 rings (SSSR count). The number of benzene rings is 2. The Labute approximate surface area is 199 Å². The van der Waals surface area contributed by atoms with Gasteiger partial charge in [-0.2, -0.15) is 13.2 Å². The second-order valence-electron chi connectivity index (χ2n) is 8.00. The van der Waals surface area contributed by atoms with Gasteiger partial charge >= 0.3 is 6.18 Å². The first-order chi connectivity index (χ1) is 16.0. The van der Waals surface area contributed by atoms with Crippen LogP contribution in [0.1, 0.15) is 28.1 Å². The molecular formula is C25H20F3N3O2S. The van der Waals surface area contributed by atoms with Crippen LogP contribution in [-0.4, -0.2) is 21.5 Å². The summed E-state index contributed by atoms with van der Waals surface area (Å²) in [5.41, 5.74) is 3.13. The third-order valence-corrected chi connectivity index (χ3v) is 5.88. The van der Waals surface area contributed by atoms with Crippen LogP contribution in [0.4, 0.5) is 18.9 Å². The van der Waals surface area contributed by atoms with E-state index >= 15 is 0 Å². The molecule has 0 atom stereocenters. The summed E-state index contributed by atoms with van der Waals surface area (Å²) in [5, 5.41) is 2.13. The van der Waals surface area contributed by atoms with Crippen LogP contribution in [0.15, 0.2) is 60.2 Å². The average Bonchev–Trinajstić information content (AvgIpc) is 3.04. The number of aromatic nitrogens is 1. The molecule has 1 N–H and O–H groups in total. The fourth-order valence-corrected chi connectivity index (χ4v) is 4.17. The number of amides is 2. The highest BCUT2D eigenvalue weighted by Crippen LogP contribution is 2.33. The normalized spacial score (nSPS) is 15.8. The Balaban J connectivity index is 1.75. The summed E-state index contributed by atoms with van der Waals surface area (Å²) in [6, 6.07) is 14.0. The summed E-state index contributed by atoms with van der Waals surface area (Å²) in [6.45, 7) is 5.75.